The zero-order valence-corrected chi connectivity index (χ0v) is 18.2. The normalized spacial score (nSPS) is 19.2. The summed E-state index contributed by atoms with van der Waals surface area (Å²) in [6, 6.07) is 15.4. The molecule has 0 aliphatic carbocycles. The van der Waals surface area contributed by atoms with Gasteiger partial charge in [0.05, 0.1) is 29.5 Å². The van der Waals surface area contributed by atoms with Crippen LogP contribution < -0.4 is 14.5 Å². The van der Waals surface area contributed by atoms with Crippen molar-refractivity contribution in [3.05, 3.63) is 89.2 Å². The number of phenolic OH excluding ortho intramolecular Hbond substituents is 1. The number of carbonyl (C=O) groups is 2. The third-order valence-electron chi connectivity index (χ3n) is 6.10. The average Bonchev–Trinajstić information content (AvgIpc) is 3.10. The fourth-order valence-electron chi connectivity index (χ4n) is 4.36. The van der Waals surface area contributed by atoms with Crippen LogP contribution in [0.3, 0.4) is 0 Å². The van der Waals surface area contributed by atoms with Crippen LogP contribution in [-0.4, -0.2) is 42.1 Å². The summed E-state index contributed by atoms with van der Waals surface area (Å²) in [5.41, 5.74) is 1.43. The molecule has 0 saturated carbocycles. The zero-order chi connectivity index (χ0) is 24.0. The summed E-state index contributed by atoms with van der Waals surface area (Å²) in [4.78, 5) is 29.5. The number of fused-ring (bicyclic) bond motifs is 1. The number of ketones is 1. The second kappa shape index (κ2) is 8.22. The monoisotopic (exact) mass is 460 g/mol. The number of aliphatic hydroxyl groups is 1. The lowest BCUT2D eigenvalue weighted by molar-refractivity contribution is -0.132. The summed E-state index contributed by atoms with van der Waals surface area (Å²) in [6.45, 7) is 1.19. The smallest absolute Gasteiger partial charge is 0.300 e. The molecule has 2 N–H and O–H groups in total. The van der Waals surface area contributed by atoms with Crippen molar-refractivity contribution in [2.75, 3.05) is 30.0 Å². The second-order valence-corrected chi connectivity index (χ2v) is 8.16. The van der Waals surface area contributed by atoms with Crippen molar-refractivity contribution in [3.63, 3.8) is 0 Å². The minimum Gasteiger partial charge on any atom is -0.507 e. The number of carbonyl (C=O) groups excluding carboxylic acids is 2. The van der Waals surface area contributed by atoms with Gasteiger partial charge in [-0.25, -0.2) is 4.39 Å². The minimum atomic E-state index is -1.07. The maximum atomic E-state index is 13.7. The summed E-state index contributed by atoms with van der Waals surface area (Å²) >= 11 is 0. The predicted octanol–water partition coefficient (Wildman–Crippen LogP) is 3.99. The molecule has 1 unspecified atom stereocenters. The van der Waals surface area contributed by atoms with E-state index in [1.54, 1.807) is 30.3 Å². The Hall–Kier alpha value is -4.33. The lowest BCUT2D eigenvalue weighted by Gasteiger charge is -2.28. The first kappa shape index (κ1) is 21.5. The number of ether oxygens (including phenoxy) is 1. The highest BCUT2D eigenvalue weighted by molar-refractivity contribution is 6.51. The van der Waals surface area contributed by atoms with Crippen LogP contribution >= 0.6 is 0 Å². The molecular formula is C26H21FN2O5. The highest BCUT2D eigenvalue weighted by atomic mass is 19.1. The van der Waals surface area contributed by atoms with Crippen molar-refractivity contribution in [1.29, 1.82) is 0 Å². The number of nitrogens with zero attached hydrogens (tertiary/aromatic N) is 2. The maximum Gasteiger partial charge on any atom is 0.300 e. The van der Waals surface area contributed by atoms with Gasteiger partial charge in [-0.15, -0.1) is 0 Å². The molecule has 1 saturated heterocycles. The first-order chi connectivity index (χ1) is 16.4. The molecule has 7 nitrogen and oxygen atoms in total. The molecule has 1 amide bonds. The number of Topliss-reactive ketones (excluding diaryl/α,β-unsaturated/α-hetero) is 1. The van der Waals surface area contributed by atoms with E-state index in [1.807, 2.05) is 11.9 Å². The molecule has 5 rings (SSSR count). The predicted molar refractivity (Wildman–Crippen MR) is 124 cm³/mol. The van der Waals surface area contributed by atoms with E-state index >= 15 is 0 Å². The van der Waals surface area contributed by atoms with Crippen LogP contribution in [0.1, 0.15) is 17.2 Å². The fourth-order valence-corrected chi connectivity index (χ4v) is 4.36. The molecule has 1 atom stereocenters. The van der Waals surface area contributed by atoms with Crippen LogP contribution in [0.15, 0.2) is 72.3 Å². The van der Waals surface area contributed by atoms with E-state index in [2.05, 4.69) is 0 Å². The van der Waals surface area contributed by atoms with Gasteiger partial charge in [0.1, 0.15) is 29.7 Å². The number of amides is 1. The third kappa shape index (κ3) is 3.44. The quantitative estimate of drug-likeness (QED) is 0.349. The van der Waals surface area contributed by atoms with E-state index in [-0.39, 0.29) is 22.8 Å². The van der Waals surface area contributed by atoms with Crippen LogP contribution in [-0.2, 0) is 9.59 Å². The molecule has 172 valence electrons. The highest BCUT2D eigenvalue weighted by Crippen LogP contribution is 2.45. The van der Waals surface area contributed by atoms with Gasteiger partial charge in [0.25, 0.3) is 11.7 Å². The standard InChI is InChI=1S/C26H21FN2O5/c1-28-12-13-34-21-11-8-16(14-19(21)28)24(31)22-23(15-6-9-17(27)10-7-15)29(26(33)25(22)32)18-4-2-3-5-20(18)30/h2-11,14,23,30-31H,12-13H2,1H3/b24-22-. The molecule has 2 aliphatic heterocycles. The second-order valence-electron chi connectivity index (χ2n) is 8.16. The maximum absolute atomic E-state index is 13.7. The number of para-hydroxylation sites is 2. The number of likely N-dealkylation sites (N-methyl/N-ethyl adjacent to an activating group) is 1. The summed E-state index contributed by atoms with van der Waals surface area (Å²) in [5.74, 6) is -2.22. The number of halogens is 1. The minimum absolute atomic E-state index is 0.108. The van der Waals surface area contributed by atoms with Gasteiger partial charge in [-0.1, -0.05) is 24.3 Å². The molecule has 3 aromatic carbocycles. The topological polar surface area (TPSA) is 90.3 Å². The Morgan fingerprint density at radius 3 is 2.50 bits per heavy atom. The molecule has 34 heavy (non-hydrogen) atoms. The first-order valence-corrected chi connectivity index (χ1v) is 10.7. The van der Waals surface area contributed by atoms with Gasteiger partial charge >= 0.3 is 0 Å². The molecule has 0 aromatic heterocycles. The molecule has 2 aliphatic rings. The Bertz CT molecular complexity index is 1340. The Balaban J connectivity index is 1.71. The Morgan fingerprint density at radius 1 is 1.03 bits per heavy atom. The summed E-state index contributed by atoms with van der Waals surface area (Å²) in [7, 11) is 1.89. The lowest BCUT2D eigenvalue weighted by Crippen LogP contribution is -2.29. The van der Waals surface area contributed by atoms with Gasteiger partial charge in [0.15, 0.2) is 0 Å². The molecule has 1 fully saturated rings. The molecule has 0 bridgehead atoms. The lowest BCUT2D eigenvalue weighted by atomic mass is 9.94. The van der Waals surface area contributed by atoms with Crippen molar-refractivity contribution in [3.8, 4) is 11.5 Å². The Morgan fingerprint density at radius 2 is 1.76 bits per heavy atom. The summed E-state index contributed by atoms with van der Waals surface area (Å²) in [5, 5.41) is 21.7. The van der Waals surface area contributed by atoms with Gasteiger partial charge in [-0.3, -0.25) is 14.5 Å². The molecule has 0 radical (unpaired) electrons. The highest BCUT2D eigenvalue weighted by Gasteiger charge is 2.47. The zero-order valence-electron chi connectivity index (χ0n) is 18.2. The van der Waals surface area contributed by atoms with Crippen molar-refractivity contribution in [2.24, 2.45) is 0 Å². The number of aromatic hydroxyl groups is 1. The number of phenols is 1. The Kier molecular flexibility index (Phi) is 5.20. The number of rotatable bonds is 3. The van der Waals surface area contributed by atoms with E-state index < -0.39 is 23.5 Å². The summed E-state index contributed by atoms with van der Waals surface area (Å²) < 4.78 is 19.3. The summed E-state index contributed by atoms with van der Waals surface area (Å²) in [6.07, 6.45) is 0. The molecule has 2 heterocycles. The van der Waals surface area contributed by atoms with Gasteiger partial charge < -0.3 is 19.8 Å². The molecule has 8 heteroatoms. The van der Waals surface area contributed by atoms with E-state index in [0.29, 0.717) is 30.0 Å². The molecular weight excluding hydrogens is 439 g/mol. The van der Waals surface area contributed by atoms with Gasteiger partial charge in [-0.2, -0.15) is 0 Å². The van der Waals surface area contributed by atoms with Crippen LogP contribution in [0.4, 0.5) is 15.8 Å². The van der Waals surface area contributed by atoms with E-state index in [9.17, 15) is 24.2 Å². The van der Waals surface area contributed by atoms with Crippen LogP contribution in [0.5, 0.6) is 11.5 Å². The van der Waals surface area contributed by atoms with Gasteiger partial charge in [-0.05, 0) is 48.0 Å². The van der Waals surface area contributed by atoms with E-state index in [1.165, 1.54) is 36.4 Å². The fraction of sp³-hybridized carbons (Fsp3) is 0.154. The molecule has 3 aromatic rings. The van der Waals surface area contributed by atoms with Crippen molar-refractivity contribution in [1.82, 2.24) is 0 Å². The molecule has 0 spiro atoms. The SMILES string of the molecule is CN1CCOc2ccc(/C(O)=C3/C(=O)C(=O)N(c4ccccc4O)C3c3ccc(F)cc3)cc21. The number of benzene rings is 3. The third-order valence-corrected chi connectivity index (χ3v) is 6.10. The first-order valence-electron chi connectivity index (χ1n) is 10.7. The van der Waals surface area contributed by atoms with Crippen molar-refractivity contribution in [2.45, 2.75) is 6.04 Å². The van der Waals surface area contributed by atoms with Crippen LogP contribution in [0.2, 0.25) is 0 Å². The number of hydrogen-bond acceptors (Lipinski definition) is 6. The van der Waals surface area contributed by atoms with Gasteiger partial charge in [0, 0.05) is 12.6 Å². The largest absolute Gasteiger partial charge is 0.507 e. The number of aliphatic hydroxyl groups excluding tert-OH is 1. The van der Waals surface area contributed by atoms with Crippen molar-refractivity contribution >= 4 is 28.8 Å². The van der Waals surface area contributed by atoms with Gasteiger partial charge in [0.2, 0.25) is 0 Å². The number of hydrogen-bond donors (Lipinski definition) is 2. The van der Waals surface area contributed by atoms with Crippen LogP contribution in [0.25, 0.3) is 5.76 Å². The van der Waals surface area contributed by atoms with E-state index in [4.69, 9.17) is 4.74 Å². The van der Waals surface area contributed by atoms with Crippen LogP contribution in [0, 0.1) is 5.82 Å². The average molecular weight is 460 g/mol. The number of anilines is 2. The van der Waals surface area contributed by atoms with E-state index in [0.717, 1.165) is 10.6 Å². The van der Waals surface area contributed by atoms with Crippen molar-refractivity contribution < 1.29 is 28.9 Å². The Labute approximate surface area is 194 Å².